The molecular weight excluding hydrogens is 188 g/mol. The van der Waals surface area contributed by atoms with Crippen molar-refractivity contribution in [1.29, 1.82) is 0 Å². The zero-order valence-electron chi connectivity index (χ0n) is 9.36. The lowest BCUT2D eigenvalue weighted by molar-refractivity contribution is 0.149. The minimum absolute atomic E-state index is 0.326. The summed E-state index contributed by atoms with van der Waals surface area (Å²) < 4.78 is 5.19. The van der Waals surface area contributed by atoms with Gasteiger partial charge in [0.15, 0.2) is 0 Å². The van der Waals surface area contributed by atoms with E-state index in [1.165, 1.54) is 5.56 Å². The Morgan fingerprint density at radius 2 is 2.20 bits per heavy atom. The first-order valence-electron chi connectivity index (χ1n) is 5.55. The summed E-state index contributed by atoms with van der Waals surface area (Å²) >= 11 is 0. The molecule has 2 heteroatoms. The summed E-state index contributed by atoms with van der Waals surface area (Å²) in [7, 11) is 1.66. The molecule has 1 aromatic rings. The third-order valence-corrected chi connectivity index (χ3v) is 3.24. The van der Waals surface area contributed by atoms with Crippen LogP contribution in [0, 0.1) is 5.92 Å². The third-order valence-electron chi connectivity index (χ3n) is 3.24. The van der Waals surface area contributed by atoms with Crippen LogP contribution < -0.4 is 4.74 Å². The zero-order valence-corrected chi connectivity index (χ0v) is 9.36. The maximum atomic E-state index is 10.1. The van der Waals surface area contributed by atoms with E-state index in [1.54, 1.807) is 7.11 Å². The number of hydrogen-bond acceptors (Lipinski definition) is 2. The van der Waals surface area contributed by atoms with Gasteiger partial charge in [0.05, 0.1) is 13.2 Å². The Balaban J connectivity index is 2.36. The first-order chi connectivity index (χ1) is 7.20. The number of aliphatic hydroxyl groups is 1. The van der Waals surface area contributed by atoms with Crippen molar-refractivity contribution >= 4 is 0 Å². The number of benzene rings is 1. The minimum Gasteiger partial charge on any atom is -0.497 e. The number of fused-ring (bicyclic) bond motifs is 1. The van der Waals surface area contributed by atoms with Crippen molar-refractivity contribution in [1.82, 2.24) is 0 Å². The molecule has 1 aliphatic rings. The predicted octanol–water partition coefficient (Wildman–Crippen LogP) is 2.70. The van der Waals surface area contributed by atoms with E-state index in [2.05, 4.69) is 13.0 Å². The van der Waals surface area contributed by atoms with E-state index < -0.39 is 0 Å². The highest BCUT2D eigenvalue weighted by Crippen LogP contribution is 2.33. The average molecular weight is 206 g/mol. The van der Waals surface area contributed by atoms with Gasteiger partial charge in [-0.3, -0.25) is 0 Å². The van der Waals surface area contributed by atoms with E-state index in [-0.39, 0.29) is 6.10 Å². The Bertz CT molecular complexity index is 346. The Hall–Kier alpha value is -1.02. The second kappa shape index (κ2) is 4.23. The molecule has 1 aromatic carbocycles. The molecule has 0 saturated carbocycles. The molecule has 0 saturated heterocycles. The molecule has 1 N–H and O–H groups in total. The van der Waals surface area contributed by atoms with Gasteiger partial charge in [0.2, 0.25) is 0 Å². The van der Waals surface area contributed by atoms with E-state index in [9.17, 15) is 5.11 Å². The quantitative estimate of drug-likeness (QED) is 0.716. The van der Waals surface area contributed by atoms with Gasteiger partial charge in [-0.15, -0.1) is 0 Å². The summed E-state index contributed by atoms with van der Waals surface area (Å²) in [5.74, 6) is 1.43. The Kier molecular flexibility index (Phi) is 2.96. The number of aliphatic hydroxyl groups excluding tert-OH is 1. The molecule has 0 aromatic heterocycles. The lowest BCUT2D eigenvalue weighted by Crippen LogP contribution is -2.02. The Morgan fingerprint density at radius 1 is 1.40 bits per heavy atom. The van der Waals surface area contributed by atoms with Gasteiger partial charge >= 0.3 is 0 Å². The molecule has 1 aliphatic carbocycles. The van der Waals surface area contributed by atoms with E-state index in [0.717, 1.165) is 30.6 Å². The standard InChI is InChI=1S/C13H18O2/c1-9-3-4-10-5-6-11(15-2)8-12(10)13(14)7-9/h5-6,8-9,13-14H,3-4,7H2,1-2H3. The average Bonchev–Trinajstić information content (AvgIpc) is 2.38. The van der Waals surface area contributed by atoms with Crippen LogP contribution in [-0.4, -0.2) is 12.2 Å². The Morgan fingerprint density at radius 3 is 2.93 bits per heavy atom. The van der Waals surface area contributed by atoms with E-state index >= 15 is 0 Å². The lowest BCUT2D eigenvalue weighted by atomic mass is 9.99. The van der Waals surface area contributed by atoms with Crippen molar-refractivity contribution in [3.63, 3.8) is 0 Å². The molecule has 2 atom stereocenters. The molecule has 15 heavy (non-hydrogen) atoms. The maximum Gasteiger partial charge on any atom is 0.119 e. The van der Waals surface area contributed by atoms with Crippen molar-refractivity contribution in [2.75, 3.05) is 7.11 Å². The predicted molar refractivity (Wildman–Crippen MR) is 60.1 cm³/mol. The highest BCUT2D eigenvalue weighted by atomic mass is 16.5. The summed E-state index contributed by atoms with van der Waals surface area (Å²) in [5, 5.41) is 10.1. The molecule has 2 nitrogen and oxygen atoms in total. The van der Waals surface area contributed by atoms with Crippen molar-refractivity contribution in [3.8, 4) is 5.75 Å². The molecule has 0 fully saturated rings. The minimum atomic E-state index is -0.326. The maximum absolute atomic E-state index is 10.1. The normalized spacial score (nSPS) is 25.5. The second-order valence-corrected chi connectivity index (χ2v) is 4.46. The molecule has 2 rings (SSSR count). The Labute approximate surface area is 90.9 Å². The first kappa shape index (κ1) is 10.5. The zero-order chi connectivity index (χ0) is 10.8. The van der Waals surface area contributed by atoms with E-state index in [0.29, 0.717) is 5.92 Å². The van der Waals surface area contributed by atoms with Gasteiger partial charge in [-0.2, -0.15) is 0 Å². The van der Waals surface area contributed by atoms with Crippen LogP contribution in [-0.2, 0) is 6.42 Å². The number of hydrogen-bond donors (Lipinski definition) is 1. The smallest absolute Gasteiger partial charge is 0.119 e. The summed E-state index contributed by atoms with van der Waals surface area (Å²) in [4.78, 5) is 0. The topological polar surface area (TPSA) is 29.5 Å². The number of aryl methyl sites for hydroxylation is 1. The molecule has 0 amide bonds. The lowest BCUT2D eigenvalue weighted by Gasteiger charge is -2.14. The number of methoxy groups -OCH3 is 1. The van der Waals surface area contributed by atoms with Gasteiger partial charge in [0.1, 0.15) is 5.75 Å². The van der Waals surface area contributed by atoms with E-state index in [1.807, 2.05) is 12.1 Å². The number of ether oxygens (including phenoxy) is 1. The van der Waals surface area contributed by atoms with Crippen LogP contribution >= 0.6 is 0 Å². The highest BCUT2D eigenvalue weighted by Gasteiger charge is 2.20. The SMILES string of the molecule is COc1ccc2c(c1)C(O)CC(C)CC2. The van der Waals surface area contributed by atoms with Gasteiger partial charge in [0.25, 0.3) is 0 Å². The van der Waals surface area contributed by atoms with Crippen molar-refractivity contribution in [2.24, 2.45) is 5.92 Å². The van der Waals surface area contributed by atoms with Crippen molar-refractivity contribution in [3.05, 3.63) is 29.3 Å². The molecule has 2 unspecified atom stereocenters. The first-order valence-corrected chi connectivity index (χ1v) is 5.55. The second-order valence-electron chi connectivity index (χ2n) is 4.46. The molecule has 0 bridgehead atoms. The molecule has 0 heterocycles. The summed E-state index contributed by atoms with van der Waals surface area (Å²) in [6.07, 6.45) is 2.77. The van der Waals surface area contributed by atoms with Crippen LogP contribution in [0.3, 0.4) is 0 Å². The summed E-state index contributed by atoms with van der Waals surface area (Å²) in [5.41, 5.74) is 2.33. The third kappa shape index (κ3) is 2.15. The monoisotopic (exact) mass is 206 g/mol. The van der Waals surface area contributed by atoms with Crippen LogP contribution in [0.5, 0.6) is 5.75 Å². The van der Waals surface area contributed by atoms with Gasteiger partial charge in [0, 0.05) is 0 Å². The molecular formula is C13H18O2. The van der Waals surface area contributed by atoms with Crippen molar-refractivity contribution < 1.29 is 9.84 Å². The molecule has 0 aliphatic heterocycles. The van der Waals surface area contributed by atoms with Gasteiger partial charge in [-0.1, -0.05) is 13.0 Å². The largest absolute Gasteiger partial charge is 0.497 e. The van der Waals surface area contributed by atoms with Crippen LogP contribution in [0.1, 0.15) is 37.0 Å². The van der Waals surface area contributed by atoms with Gasteiger partial charge in [-0.05, 0) is 48.4 Å². The van der Waals surface area contributed by atoms with Crippen molar-refractivity contribution in [2.45, 2.75) is 32.3 Å². The van der Waals surface area contributed by atoms with Crippen LogP contribution in [0.4, 0.5) is 0 Å². The fourth-order valence-electron chi connectivity index (χ4n) is 2.27. The molecule has 82 valence electrons. The molecule has 0 radical (unpaired) electrons. The van der Waals surface area contributed by atoms with Crippen LogP contribution in [0.25, 0.3) is 0 Å². The molecule has 0 spiro atoms. The number of rotatable bonds is 1. The van der Waals surface area contributed by atoms with Crippen LogP contribution in [0.2, 0.25) is 0 Å². The highest BCUT2D eigenvalue weighted by molar-refractivity contribution is 5.37. The van der Waals surface area contributed by atoms with Crippen LogP contribution in [0.15, 0.2) is 18.2 Å². The van der Waals surface area contributed by atoms with Gasteiger partial charge < -0.3 is 9.84 Å². The van der Waals surface area contributed by atoms with E-state index in [4.69, 9.17) is 4.74 Å². The van der Waals surface area contributed by atoms with Gasteiger partial charge in [-0.25, -0.2) is 0 Å². The fourth-order valence-corrected chi connectivity index (χ4v) is 2.27. The fraction of sp³-hybridized carbons (Fsp3) is 0.538. The summed E-state index contributed by atoms with van der Waals surface area (Å²) in [6.45, 7) is 2.20. The summed E-state index contributed by atoms with van der Waals surface area (Å²) in [6, 6.07) is 6.02.